The van der Waals surface area contributed by atoms with E-state index in [1.807, 2.05) is 25.1 Å². The summed E-state index contributed by atoms with van der Waals surface area (Å²) in [6, 6.07) is 8.68. The zero-order valence-corrected chi connectivity index (χ0v) is 11.3. The second kappa shape index (κ2) is 6.62. The summed E-state index contributed by atoms with van der Waals surface area (Å²) >= 11 is 0. The Hall–Kier alpha value is -1.06. The second-order valence-corrected chi connectivity index (χ2v) is 4.48. The van der Waals surface area contributed by atoms with E-state index in [-0.39, 0.29) is 6.04 Å². The molecule has 0 heterocycles. The maximum Gasteiger partial charge on any atom is 0.123 e. The molecule has 1 rings (SSSR count). The summed E-state index contributed by atoms with van der Waals surface area (Å²) in [6.07, 6.45) is 0. The molecule has 2 atom stereocenters. The van der Waals surface area contributed by atoms with Crippen molar-refractivity contribution in [2.24, 2.45) is 5.73 Å². The van der Waals surface area contributed by atoms with Crippen molar-refractivity contribution < 1.29 is 4.74 Å². The van der Waals surface area contributed by atoms with Gasteiger partial charge in [0.15, 0.2) is 0 Å². The Bertz CT molecular complexity index is 339. The highest BCUT2D eigenvalue weighted by atomic mass is 16.5. The highest BCUT2D eigenvalue weighted by molar-refractivity contribution is 5.35. The van der Waals surface area contributed by atoms with Gasteiger partial charge in [-0.15, -0.1) is 0 Å². The molecule has 0 fully saturated rings. The van der Waals surface area contributed by atoms with E-state index in [9.17, 15) is 0 Å². The SMILES string of the molecule is CCN(CC(C)N)[C@@H](C)c1ccccc1OC. The topological polar surface area (TPSA) is 38.5 Å². The molecule has 2 N–H and O–H groups in total. The van der Waals surface area contributed by atoms with Crippen LogP contribution in [0.4, 0.5) is 0 Å². The lowest BCUT2D eigenvalue weighted by atomic mass is 10.1. The van der Waals surface area contributed by atoms with Gasteiger partial charge in [-0.3, -0.25) is 4.90 Å². The minimum absolute atomic E-state index is 0.187. The van der Waals surface area contributed by atoms with E-state index < -0.39 is 0 Å². The molecule has 0 aromatic heterocycles. The van der Waals surface area contributed by atoms with Gasteiger partial charge in [-0.25, -0.2) is 0 Å². The number of para-hydroxylation sites is 1. The molecule has 0 radical (unpaired) electrons. The van der Waals surface area contributed by atoms with Crippen LogP contribution in [0.3, 0.4) is 0 Å². The molecule has 0 spiro atoms. The summed E-state index contributed by atoms with van der Waals surface area (Å²) in [4.78, 5) is 2.36. The van der Waals surface area contributed by atoms with Crippen LogP contribution in [-0.2, 0) is 0 Å². The fourth-order valence-electron chi connectivity index (χ4n) is 2.14. The molecule has 0 amide bonds. The molecule has 0 bridgehead atoms. The molecule has 1 aromatic carbocycles. The monoisotopic (exact) mass is 236 g/mol. The molecule has 1 unspecified atom stereocenters. The van der Waals surface area contributed by atoms with Crippen molar-refractivity contribution in [2.75, 3.05) is 20.2 Å². The van der Waals surface area contributed by atoms with E-state index in [2.05, 4.69) is 24.8 Å². The number of ether oxygens (including phenoxy) is 1. The van der Waals surface area contributed by atoms with Crippen LogP contribution in [0.5, 0.6) is 5.75 Å². The lowest BCUT2D eigenvalue weighted by molar-refractivity contribution is 0.208. The van der Waals surface area contributed by atoms with E-state index >= 15 is 0 Å². The van der Waals surface area contributed by atoms with Crippen LogP contribution in [-0.4, -0.2) is 31.1 Å². The number of benzene rings is 1. The number of hydrogen-bond donors (Lipinski definition) is 1. The summed E-state index contributed by atoms with van der Waals surface area (Å²) in [5, 5.41) is 0. The van der Waals surface area contributed by atoms with Gasteiger partial charge in [-0.05, 0) is 26.5 Å². The van der Waals surface area contributed by atoms with E-state index in [0.29, 0.717) is 6.04 Å². The minimum Gasteiger partial charge on any atom is -0.496 e. The Morgan fingerprint density at radius 3 is 2.47 bits per heavy atom. The minimum atomic E-state index is 0.187. The normalized spacial score (nSPS) is 14.7. The van der Waals surface area contributed by atoms with Crippen molar-refractivity contribution in [3.8, 4) is 5.75 Å². The third-order valence-electron chi connectivity index (χ3n) is 3.07. The Labute approximate surface area is 105 Å². The van der Waals surface area contributed by atoms with Crippen molar-refractivity contribution in [1.29, 1.82) is 0 Å². The highest BCUT2D eigenvalue weighted by Crippen LogP contribution is 2.28. The first-order valence-electron chi connectivity index (χ1n) is 6.22. The molecular formula is C14H24N2O. The van der Waals surface area contributed by atoms with Crippen LogP contribution in [0.2, 0.25) is 0 Å². The molecule has 0 saturated heterocycles. The van der Waals surface area contributed by atoms with Gasteiger partial charge >= 0.3 is 0 Å². The van der Waals surface area contributed by atoms with E-state index in [0.717, 1.165) is 18.8 Å². The van der Waals surface area contributed by atoms with Crippen LogP contribution in [0.1, 0.15) is 32.4 Å². The number of nitrogens with two attached hydrogens (primary N) is 1. The summed E-state index contributed by atoms with van der Waals surface area (Å²) in [5.41, 5.74) is 7.10. The number of rotatable bonds is 6. The van der Waals surface area contributed by atoms with E-state index in [4.69, 9.17) is 10.5 Å². The highest BCUT2D eigenvalue weighted by Gasteiger charge is 2.18. The molecule has 17 heavy (non-hydrogen) atoms. The standard InChI is InChI=1S/C14H24N2O/c1-5-16(10-11(2)15)12(3)13-8-6-7-9-14(13)17-4/h6-9,11-12H,5,10,15H2,1-4H3/t11?,12-/m0/s1. The van der Waals surface area contributed by atoms with Crippen LogP contribution < -0.4 is 10.5 Å². The zero-order valence-electron chi connectivity index (χ0n) is 11.3. The van der Waals surface area contributed by atoms with Crippen molar-refractivity contribution in [3.63, 3.8) is 0 Å². The van der Waals surface area contributed by atoms with Gasteiger partial charge in [-0.1, -0.05) is 25.1 Å². The van der Waals surface area contributed by atoms with Gasteiger partial charge < -0.3 is 10.5 Å². The van der Waals surface area contributed by atoms with Gasteiger partial charge in [0.2, 0.25) is 0 Å². The Balaban J connectivity index is 2.89. The first-order chi connectivity index (χ1) is 8.10. The number of hydrogen-bond acceptors (Lipinski definition) is 3. The van der Waals surface area contributed by atoms with Crippen molar-refractivity contribution in [3.05, 3.63) is 29.8 Å². The largest absolute Gasteiger partial charge is 0.496 e. The quantitative estimate of drug-likeness (QED) is 0.824. The average molecular weight is 236 g/mol. The predicted octanol–water partition coefficient (Wildman–Crippen LogP) is 2.43. The van der Waals surface area contributed by atoms with Gasteiger partial charge in [0.1, 0.15) is 5.75 Å². The Kier molecular flexibility index (Phi) is 5.45. The van der Waals surface area contributed by atoms with Crippen LogP contribution in [0.15, 0.2) is 24.3 Å². The Morgan fingerprint density at radius 2 is 1.94 bits per heavy atom. The van der Waals surface area contributed by atoms with Crippen molar-refractivity contribution in [1.82, 2.24) is 4.90 Å². The second-order valence-electron chi connectivity index (χ2n) is 4.48. The van der Waals surface area contributed by atoms with E-state index in [1.165, 1.54) is 5.56 Å². The zero-order chi connectivity index (χ0) is 12.8. The van der Waals surface area contributed by atoms with Gasteiger partial charge in [-0.2, -0.15) is 0 Å². The molecule has 0 aliphatic heterocycles. The molecule has 0 aliphatic rings. The fourth-order valence-corrected chi connectivity index (χ4v) is 2.14. The summed E-state index contributed by atoms with van der Waals surface area (Å²) < 4.78 is 5.41. The molecule has 3 nitrogen and oxygen atoms in total. The first kappa shape index (κ1) is 14.0. The first-order valence-corrected chi connectivity index (χ1v) is 6.22. The fraction of sp³-hybridized carbons (Fsp3) is 0.571. The summed E-state index contributed by atoms with van der Waals surface area (Å²) in [7, 11) is 1.72. The maximum atomic E-state index is 5.88. The van der Waals surface area contributed by atoms with Crippen molar-refractivity contribution >= 4 is 0 Å². The van der Waals surface area contributed by atoms with E-state index in [1.54, 1.807) is 7.11 Å². The number of methoxy groups -OCH3 is 1. The molecule has 1 aromatic rings. The maximum absolute atomic E-state index is 5.88. The third-order valence-corrected chi connectivity index (χ3v) is 3.07. The lowest BCUT2D eigenvalue weighted by Crippen LogP contribution is -2.37. The molecule has 0 aliphatic carbocycles. The van der Waals surface area contributed by atoms with Crippen LogP contribution >= 0.6 is 0 Å². The molecular weight excluding hydrogens is 212 g/mol. The molecule has 96 valence electrons. The van der Waals surface area contributed by atoms with Gasteiger partial charge in [0, 0.05) is 24.2 Å². The number of likely N-dealkylation sites (N-methyl/N-ethyl adjacent to an activating group) is 1. The van der Waals surface area contributed by atoms with Crippen molar-refractivity contribution in [2.45, 2.75) is 32.9 Å². The number of nitrogens with zero attached hydrogens (tertiary/aromatic N) is 1. The van der Waals surface area contributed by atoms with Crippen LogP contribution in [0.25, 0.3) is 0 Å². The average Bonchev–Trinajstić information content (AvgIpc) is 2.34. The summed E-state index contributed by atoms with van der Waals surface area (Å²) in [6.45, 7) is 8.28. The Morgan fingerprint density at radius 1 is 1.29 bits per heavy atom. The third kappa shape index (κ3) is 3.72. The van der Waals surface area contributed by atoms with Gasteiger partial charge in [0.25, 0.3) is 0 Å². The molecule has 0 saturated carbocycles. The smallest absolute Gasteiger partial charge is 0.123 e. The van der Waals surface area contributed by atoms with Gasteiger partial charge in [0.05, 0.1) is 7.11 Å². The summed E-state index contributed by atoms with van der Waals surface area (Å²) in [5.74, 6) is 0.947. The van der Waals surface area contributed by atoms with Crippen LogP contribution in [0, 0.1) is 0 Å². The molecule has 3 heteroatoms. The lowest BCUT2D eigenvalue weighted by Gasteiger charge is -2.30. The predicted molar refractivity (Wildman–Crippen MR) is 72.3 cm³/mol.